The van der Waals surface area contributed by atoms with Gasteiger partial charge in [0.05, 0.1) is 0 Å². The fraction of sp³-hybridized carbons (Fsp3) is 0.867. The van der Waals surface area contributed by atoms with E-state index in [9.17, 15) is 0 Å². The number of hydrogen-bond donors (Lipinski definition) is 1. The Morgan fingerprint density at radius 3 is 2.56 bits per heavy atom. The molecule has 0 amide bonds. The first kappa shape index (κ1) is 14.4. The molecule has 18 heavy (non-hydrogen) atoms. The Morgan fingerprint density at radius 1 is 1.39 bits per heavy atom. The van der Waals surface area contributed by atoms with Crippen molar-refractivity contribution in [3.8, 4) is 0 Å². The fourth-order valence-corrected chi connectivity index (χ4v) is 3.33. The van der Waals surface area contributed by atoms with Gasteiger partial charge in [-0.25, -0.2) is 0 Å². The summed E-state index contributed by atoms with van der Waals surface area (Å²) in [5, 5.41) is 3.80. The van der Waals surface area contributed by atoms with Crippen molar-refractivity contribution in [1.82, 2.24) is 10.2 Å². The summed E-state index contributed by atoms with van der Waals surface area (Å²) in [5.41, 5.74) is 3.34. The summed E-state index contributed by atoms with van der Waals surface area (Å²) < 4.78 is 0. The van der Waals surface area contributed by atoms with E-state index in [-0.39, 0.29) is 0 Å². The van der Waals surface area contributed by atoms with Crippen molar-refractivity contribution in [3.63, 3.8) is 0 Å². The summed E-state index contributed by atoms with van der Waals surface area (Å²) >= 11 is 5.86. The summed E-state index contributed by atoms with van der Waals surface area (Å²) in [5.74, 6) is 0.930. The van der Waals surface area contributed by atoms with E-state index in [1.165, 1.54) is 37.8 Å². The largest absolute Gasteiger partial charge is 0.311 e. The molecule has 2 aliphatic rings. The number of halogens is 1. The van der Waals surface area contributed by atoms with Crippen molar-refractivity contribution in [2.75, 3.05) is 19.6 Å². The minimum Gasteiger partial charge on any atom is -0.311 e. The number of rotatable bonds is 5. The van der Waals surface area contributed by atoms with Crippen LogP contribution in [0, 0.1) is 5.92 Å². The monoisotopic (exact) mass is 270 g/mol. The molecule has 3 heteroatoms. The average Bonchev–Trinajstić information content (AvgIpc) is 3.23. The molecule has 0 aromatic rings. The maximum atomic E-state index is 5.86. The molecule has 0 bridgehead atoms. The summed E-state index contributed by atoms with van der Waals surface area (Å²) in [6.45, 7) is 10.1. The quantitative estimate of drug-likeness (QED) is 0.824. The van der Waals surface area contributed by atoms with E-state index in [2.05, 4.69) is 31.0 Å². The zero-order valence-corrected chi connectivity index (χ0v) is 12.8. The lowest BCUT2D eigenvalue weighted by molar-refractivity contribution is 0.0355. The van der Waals surface area contributed by atoms with Crippen LogP contribution in [0.25, 0.3) is 0 Å². The van der Waals surface area contributed by atoms with E-state index in [0.717, 1.165) is 19.0 Å². The van der Waals surface area contributed by atoms with Gasteiger partial charge < -0.3 is 5.32 Å². The lowest BCUT2D eigenvalue weighted by atomic mass is 9.86. The van der Waals surface area contributed by atoms with Crippen LogP contribution in [0.15, 0.2) is 11.1 Å². The highest BCUT2D eigenvalue weighted by atomic mass is 35.5. The van der Waals surface area contributed by atoms with Gasteiger partial charge >= 0.3 is 0 Å². The Morgan fingerprint density at radius 2 is 2.06 bits per heavy atom. The Bertz CT molecular complexity index is 306. The number of piperazine rings is 1. The first-order valence-corrected chi connectivity index (χ1v) is 7.83. The SMILES string of the molecule is CCC1(CC)CNC(C2CC2)CN1CC(C)=CCl. The summed E-state index contributed by atoms with van der Waals surface area (Å²) in [4.78, 5) is 2.68. The Balaban J connectivity index is 2.09. The molecule has 0 aromatic carbocycles. The van der Waals surface area contributed by atoms with Crippen molar-refractivity contribution >= 4 is 11.6 Å². The highest BCUT2D eigenvalue weighted by molar-refractivity contribution is 6.25. The van der Waals surface area contributed by atoms with E-state index in [1.807, 2.05) is 0 Å². The molecule has 1 atom stereocenters. The third-order valence-electron chi connectivity index (χ3n) is 4.92. The molecule has 1 heterocycles. The van der Waals surface area contributed by atoms with E-state index in [1.54, 1.807) is 5.54 Å². The van der Waals surface area contributed by atoms with E-state index < -0.39 is 0 Å². The number of hydrogen-bond acceptors (Lipinski definition) is 2. The van der Waals surface area contributed by atoms with Gasteiger partial charge in [-0.05, 0) is 44.1 Å². The van der Waals surface area contributed by atoms with Crippen LogP contribution in [0.4, 0.5) is 0 Å². The van der Waals surface area contributed by atoms with Crippen LogP contribution in [0.1, 0.15) is 46.5 Å². The second-order valence-electron chi connectivity index (χ2n) is 6.09. The summed E-state index contributed by atoms with van der Waals surface area (Å²) in [6, 6.07) is 0.708. The molecule has 1 saturated carbocycles. The van der Waals surface area contributed by atoms with E-state index in [0.29, 0.717) is 11.6 Å². The highest BCUT2D eigenvalue weighted by Gasteiger charge is 2.43. The summed E-state index contributed by atoms with van der Waals surface area (Å²) in [6.07, 6.45) is 5.26. The standard InChI is InChI=1S/C15H27ClN2/c1-4-15(5-2)11-17-14(13-6-7-13)10-18(15)9-12(3)8-16/h8,13-14,17H,4-7,9-11H2,1-3H3. The van der Waals surface area contributed by atoms with Crippen LogP contribution in [-0.4, -0.2) is 36.1 Å². The van der Waals surface area contributed by atoms with Gasteiger partial charge in [0.25, 0.3) is 0 Å². The van der Waals surface area contributed by atoms with Crippen LogP contribution in [0.3, 0.4) is 0 Å². The molecule has 1 saturated heterocycles. The molecule has 104 valence electrons. The first-order valence-electron chi connectivity index (χ1n) is 7.39. The molecule has 0 radical (unpaired) electrons. The van der Waals surface area contributed by atoms with Gasteiger partial charge in [-0.2, -0.15) is 0 Å². The Labute approximate surface area is 117 Å². The third-order valence-corrected chi connectivity index (χ3v) is 5.29. The van der Waals surface area contributed by atoms with Gasteiger partial charge in [0, 0.05) is 36.8 Å². The Kier molecular flexibility index (Phi) is 4.74. The molecule has 1 unspecified atom stereocenters. The van der Waals surface area contributed by atoms with E-state index >= 15 is 0 Å². The van der Waals surface area contributed by atoms with Crippen molar-refractivity contribution < 1.29 is 0 Å². The molecule has 1 N–H and O–H groups in total. The van der Waals surface area contributed by atoms with E-state index in [4.69, 9.17) is 11.6 Å². The van der Waals surface area contributed by atoms with Gasteiger partial charge in [0.15, 0.2) is 0 Å². The van der Waals surface area contributed by atoms with Crippen LogP contribution < -0.4 is 5.32 Å². The van der Waals surface area contributed by atoms with Crippen LogP contribution >= 0.6 is 11.6 Å². The molecule has 1 aliphatic carbocycles. The molecule has 2 rings (SSSR count). The van der Waals surface area contributed by atoms with Crippen molar-refractivity contribution in [1.29, 1.82) is 0 Å². The van der Waals surface area contributed by atoms with Gasteiger partial charge in [0.2, 0.25) is 0 Å². The molecule has 1 aliphatic heterocycles. The summed E-state index contributed by atoms with van der Waals surface area (Å²) in [7, 11) is 0. The smallest absolute Gasteiger partial charge is 0.0332 e. The van der Waals surface area contributed by atoms with Crippen molar-refractivity contribution in [2.45, 2.75) is 58.0 Å². The zero-order valence-electron chi connectivity index (χ0n) is 12.0. The first-order chi connectivity index (χ1) is 8.65. The third kappa shape index (κ3) is 2.92. The highest BCUT2D eigenvalue weighted by Crippen LogP contribution is 2.37. The maximum absolute atomic E-state index is 5.86. The maximum Gasteiger partial charge on any atom is 0.0332 e. The van der Waals surface area contributed by atoms with Crippen LogP contribution in [0.5, 0.6) is 0 Å². The van der Waals surface area contributed by atoms with Crippen LogP contribution in [-0.2, 0) is 0 Å². The predicted octanol–water partition coefficient (Wildman–Crippen LogP) is 3.37. The molecule has 0 aromatic heterocycles. The Hall–Kier alpha value is -0.0500. The second kappa shape index (κ2) is 5.94. The normalized spacial score (nSPS) is 29.6. The van der Waals surface area contributed by atoms with Gasteiger partial charge in [0.1, 0.15) is 0 Å². The minimum atomic E-state index is 0.326. The van der Waals surface area contributed by atoms with Gasteiger partial charge in [-0.1, -0.05) is 25.4 Å². The minimum absolute atomic E-state index is 0.326. The van der Waals surface area contributed by atoms with Gasteiger partial charge in [-0.3, -0.25) is 4.90 Å². The molecule has 2 nitrogen and oxygen atoms in total. The number of nitrogens with one attached hydrogen (secondary N) is 1. The molecular weight excluding hydrogens is 244 g/mol. The molecular formula is C15H27ClN2. The lowest BCUT2D eigenvalue weighted by Crippen LogP contribution is -2.64. The second-order valence-corrected chi connectivity index (χ2v) is 6.31. The van der Waals surface area contributed by atoms with Crippen molar-refractivity contribution in [3.05, 3.63) is 11.1 Å². The van der Waals surface area contributed by atoms with Gasteiger partial charge in [-0.15, -0.1) is 0 Å². The lowest BCUT2D eigenvalue weighted by Gasteiger charge is -2.50. The van der Waals surface area contributed by atoms with Crippen molar-refractivity contribution in [2.24, 2.45) is 5.92 Å². The average molecular weight is 271 g/mol. The zero-order chi connectivity index (χ0) is 13.2. The molecule has 0 spiro atoms. The number of nitrogens with zero attached hydrogens (tertiary/aromatic N) is 1. The fourth-order valence-electron chi connectivity index (χ4n) is 3.26. The topological polar surface area (TPSA) is 15.3 Å². The predicted molar refractivity (Wildman–Crippen MR) is 79.0 cm³/mol. The molecule has 2 fully saturated rings. The van der Waals surface area contributed by atoms with Crippen LogP contribution in [0.2, 0.25) is 0 Å².